The summed E-state index contributed by atoms with van der Waals surface area (Å²) < 4.78 is 1.86. The first-order valence-electron chi connectivity index (χ1n) is 8.97. The number of fused-ring (bicyclic) bond motifs is 3. The van der Waals surface area contributed by atoms with E-state index in [1.165, 1.54) is 0 Å². The first kappa shape index (κ1) is 18.1. The second kappa shape index (κ2) is 6.84. The van der Waals surface area contributed by atoms with Crippen LogP contribution in [0.4, 0.5) is 0 Å². The maximum Gasteiger partial charge on any atom is 0.147 e. The smallest absolute Gasteiger partial charge is 0.147 e. The number of hydrogen-bond donors (Lipinski definition) is 2. The van der Waals surface area contributed by atoms with Gasteiger partial charge in [0.15, 0.2) is 0 Å². The fourth-order valence-electron chi connectivity index (χ4n) is 3.59. The summed E-state index contributed by atoms with van der Waals surface area (Å²) in [6.45, 7) is 1.70. The lowest BCUT2D eigenvalue weighted by molar-refractivity contribution is 0.194. The average Bonchev–Trinajstić information content (AvgIpc) is 3.35. The summed E-state index contributed by atoms with van der Waals surface area (Å²) in [5.74, 6) is 0. The molecule has 8 heteroatoms. The van der Waals surface area contributed by atoms with Crippen molar-refractivity contribution in [2.75, 3.05) is 0 Å². The van der Waals surface area contributed by atoms with Crippen molar-refractivity contribution in [1.82, 2.24) is 24.6 Å². The molecule has 4 heterocycles. The Labute approximate surface area is 175 Å². The van der Waals surface area contributed by atoms with Crippen LogP contribution in [0.5, 0.6) is 0 Å². The van der Waals surface area contributed by atoms with Gasteiger partial charge < -0.3 is 9.51 Å². The van der Waals surface area contributed by atoms with E-state index in [4.69, 9.17) is 28.2 Å². The van der Waals surface area contributed by atoms with Crippen LogP contribution in [0.3, 0.4) is 0 Å². The van der Waals surface area contributed by atoms with Crippen molar-refractivity contribution >= 4 is 39.8 Å². The third-order valence-corrected chi connectivity index (χ3v) is 5.55. The minimum absolute atomic E-state index is 0.476. The van der Waals surface area contributed by atoms with Gasteiger partial charge in [0, 0.05) is 40.7 Å². The fraction of sp³-hybridized carbons (Fsp3) is 0.0952. The number of aromatic amines is 1. The Morgan fingerprint density at radius 1 is 1.10 bits per heavy atom. The fourth-order valence-corrected chi connectivity index (χ4v) is 4.17. The first-order valence-corrected chi connectivity index (χ1v) is 9.72. The van der Waals surface area contributed by atoms with E-state index < -0.39 is 6.10 Å². The van der Waals surface area contributed by atoms with Gasteiger partial charge >= 0.3 is 0 Å². The molecule has 6 nitrogen and oxygen atoms in total. The standard InChI is InChI=1S/C21H15Cl2N5O/c1-11(29)20-19(18-15(22)3-2-4-16(18)23)27-21-14-7-12(13-9-25-26-10-13)8-24-17(14)5-6-28(20)21/h2-11,29H,1H3,(H,25,26). The molecule has 0 bridgehead atoms. The van der Waals surface area contributed by atoms with Crippen LogP contribution in [-0.2, 0) is 0 Å². The molecule has 0 amide bonds. The Morgan fingerprint density at radius 2 is 1.90 bits per heavy atom. The Kier molecular flexibility index (Phi) is 4.28. The maximum absolute atomic E-state index is 10.5. The third kappa shape index (κ3) is 2.88. The van der Waals surface area contributed by atoms with Crippen molar-refractivity contribution in [3.05, 3.63) is 70.9 Å². The topological polar surface area (TPSA) is 79.1 Å². The largest absolute Gasteiger partial charge is 0.387 e. The number of aliphatic hydroxyl groups excluding tert-OH is 1. The molecule has 29 heavy (non-hydrogen) atoms. The van der Waals surface area contributed by atoms with E-state index >= 15 is 0 Å². The zero-order valence-electron chi connectivity index (χ0n) is 15.3. The van der Waals surface area contributed by atoms with Crippen molar-refractivity contribution in [1.29, 1.82) is 0 Å². The van der Waals surface area contributed by atoms with Gasteiger partial charge in [0.1, 0.15) is 5.65 Å². The minimum Gasteiger partial charge on any atom is -0.387 e. The first-order chi connectivity index (χ1) is 14.0. The molecule has 0 aliphatic carbocycles. The van der Waals surface area contributed by atoms with Crippen LogP contribution in [0.25, 0.3) is 38.9 Å². The summed E-state index contributed by atoms with van der Waals surface area (Å²) in [5.41, 5.74) is 5.08. The summed E-state index contributed by atoms with van der Waals surface area (Å²) in [6.07, 6.45) is 6.42. The quantitative estimate of drug-likeness (QED) is 0.412. The molecular formula is C21H15Cl2N5O. The van der Waals surface area contributed by atoms with Crippen molar-refractivity contribution in [3.8, 4) is 22.4 Å². The second-order valence-electron chi connectivity index (χ2n) is 6.77. The van der Waals surface area contributed by atoms with Crippen molar-refractivity contribution in [2.24, 2.45) is 0 Å². The summed E-state index contributed by atoms with van der Waals surface area (Å²) in [7, 11) is 0. The zero-order valence-corrected chi connectivity index (χ0v) is 16.8. The molecule has 0 saturated heterocycles. The Hall–Kier alpha value is -2.93. The van der Waals surface area contributed by atoms with Crippen LogP contribution < -0.4 is 0 Å². The zero-order chi connectivity index (χ0) is 20.1. The Morgan fingerprint density at radius 3 is 2.59 bits per heavy atom. The summed E-state index contributed by atoms with van der Waals surface area (Å²) in [4.78, 5) is 9.42. The minimum atomic E-state index is -0.783. The highest BCUT2D eigenvalue weighted by atomic mass is 35.5. The van der Waals surface area contributed by atoms with Crippen LogP contribution in [0.1, 0.15) is 18.7 Å². The number of imidazole rings is 1. The lowest BCUT2D eigenvalue weighted by Crippen LogP contribution is -2.00. The van der Waals surface area contributed by atoms with Gasteiger partial charge in [0.2, 0.25) is 0 Å². The van der Waals surface area contributed by atoms with E-state index in [-0.39, 0.29) is 0 Å². The van der Waals surface area contributed by atoms with E-state index in [0.29, 0.717) is 32.6 Å². The normalized spacial score (nSPS) is 12.7. The van der Waals surface area contributed by atoms with Crippen LogP contribution in [0.2, 0.25) is 10.0 Å². The van der Waals surface area contributed by atoms with Gasteiger partial charge in [-0.2, -0.15) is 5.10 Å². The third-order valence-electron chi connectivity index (χ3n) is 4.92. The molecular weight excluding hydrogens is 409 g/mol. The molecule has 2 N–H and O–H groups in total. The van der Waals surface area contributed by atoms with Gasteiger partial charge in [0.05, 0.1) is 39.3 Å². The highest BCUT2D eigenvalue weighted by Crippen LogP contribution is 2.39. The Balaban J connectivity index is 1.86. The molecule has 0 spiro atoms. The van der Waals surface area contributed by atoms with Crippen molar-refractivity contribution < 1.29 is 5.11 Å². The van der Waals surface area contributed by atoms with Crippen molar-refractivity contribution in [3.63, 3.8) is 0 Å². The number of nitrogens with zero attached hydrogens (tertiary/aromatic N) is 4. The molecule has 1 atom stereocenters. The molecule has 4 aromatic heterocycles. The summed E-state index contributed by atoms with van der Waals surface area (Å²) in [5, 5.41) is 19.2. The molecule has 5 aromatic rings. The van der Waals surface area contributed by atoms with Gasteiger partial charge in [-0.3, -0.25) is 10.1 Å². The molecule has 0 fully saturated rings. The number of nitrogens with one attached hydrogen (secondary N) is 1. The van der Waals surface area contributed by atoms with Crippen LogP contribution in [0, 0.1) is 0 Å². The lowest BCUT2D eigenvalue weighted by atomic mass is 10.1. The van der Waals surface area contributed by atoms with Crippen LogP contribution >= 0.6 is 23.2 Å². The number of benzene rings is 1. The van der Waals surface area contributed by atoms with Gasteiger partial charge in [-0.05, 0) is 31.2 Å². The average molecular weight is 424 g/mol. The van der Waals surface area contributed by atoms with Crippen LogP contribution in [0.15, 0.2) is 55.1 Å². The van der Waals surface area contributed by atoms with Gasteiger partial charge in [-0.1, -0.05) is 29.3 Å². The summed E-state index contributed by atoms with van der Waals surface area (Å²) >= 11 is 12.9. The number of rotatable bonds is 3. The number of aromatic nitrogens is 5. The van der Waals surface area contributed by atoms with Gasteiger partial charge in [-0.15, -0.1) is 0 Å². The molecule has 0 saturated carbocycles. The van der Waals surface area contributed by atoms with E-state index in [0.717, 1.165) is 22.0 Å². The van der Waals surface area contributed by atoms with Gasteiger partial charge in [0.25, 0.3) is 0 Å². The second-order valence-corrected chi connectivity index (χ2v) is 7.59. The highest BCUT2D eigenvalue weighted by molar-refractivity contribution is 6.39. The van der Waals surface area contributed by atoms with Crippen molar-refractivity contribution in [2.45, 2.75) is 13.0 Å². The Bertz CT molecular complexity index is 1340. The molecule has 0 aliphatic rings. The SMILES string of the molecule is CC(O)c1c(-c2c(Cl)cccc2Cl)nc2c3cc(-c4cn[nH]c4)cnc3ccn12. The number of aliphatic hydroxyl groups is 1. The van der Waals surface area contributed by atoms with E-state index in [1.54, 1.807) is 37.5 Å². The van der Waals surface area contributed by atoms with Crippen LogP contribution in [-0.4, -0.2) is 29.7 Å². The van der Waals surface area contributed by atoms with E-state index in [9.17, 15) is 5.11 Å². The van der Waals surface area contributed by atoms with E-state index in [2.05, 4.69) is 15.2 Å². The monoisotopic (exact) mass is 423 g/mol. The molecule has 5 rings (SSSR count). The number of hydrogen-bond acceptors (Lipinski definition) is 4. The molecule has 0 aliphatic heterocycles. The predicted molar refractivity (Wildman–Crippen MR) is 114 cm³/mol. The maximum atomic E-state index is 10.5. The predicted octanol–water partition coefficient (Wildman–Crippen LogP) is 5.30. The number of H-pyrrole nitrogens is 1. The molecule has 1 aromatic carbocycles. The summed E-state index contributed by atoms with van der Waals surface area (Å²) in [6, 6.07) is 9.21. The van der Waals surface area contributed by atoms with E-state index in [1.807, 2.05) is 28.9 Å². The van der Waals surface area contributed by atoms with Gasteiger partial charge in [-0.25, -0.2) is 4.98 Å². The number of pyridine rings is 2. The highest BCUT2D eigenvalue weighted by Gasteiger charge is 2.23. The molecule has 144 valence electrons. The number of halogens is 2. The molecule has 1 unspecified atom stereocenters. The molecule has 0 radical (unpaired) electrons. The lowest BCUT2D eigenvalue weighted by Gasteiger charge is -2.10.